The molecular formula is C52H30S2. The normalized spacial score (nSPS) is 12.1. The second kappa shape index (κ2) is 11.6. The van der Waals surface area contributed by atoms with E-state index in [0.717, 1.165) is 0 Å². The fraction of sp³-hybridized carbons (Fsp3) is 0. The number of hydrogen-bond donors (Lipinski definition) is 0. The standard InChI is InChI=1S/C52H30S2/c1-3-13-36-32(10-1)12-9-19-38(36)49-41-17-7-5-15-39(41)48(40-16-6-8-18-42(40)49)34-22-20-31(21-23-34)35-25-27-45-47(30-35)53-46-29-28-44-43-26-24-33-11-2-4-14-37(33)51(43)54-52(44)50(45)46/h1-30H. The van der Waals surface area contributed by atoms with Gasteiger partial charge in [0.15, 0.2) is 0 Å². The molecule has 2 heterocycles. The fourth-order valence-corrected chi connectivity index (χ4v) is 11.6. The van der Waals surface area contributed by atoms with Crippen LogP contribution in [-0.4, -0.2) is 0 Å². The van der Waals surface area contributed by atoms with Gasteiger partial charge in [0.1, 0.15) is 0 Å². The van der Waals surface area contributed by atoms with E-state index in [1.54, 1.807) is 0 Å². The first-order valence-electron chi connectivity index (χ1n) is 18.5. The lowest BCUT2D eigenvalue weighted by atomic mass is 9.84. The van der Waals surface area contributed by atoms with E-state index in [-0.39, 0.29) is 0 Å². The third-order valence-corrected chi connectivity index (χ3v) is 13.9. The summed E-state index contributed by atoms with van der Waals surface area (Å²) in [5.74, 6) is 0. The van der Waals surface area contributed by atoms with Crippen LogP contribution in [0, 0.1) is 0 Å². The summed E-state index contributed by atoms with van der Waals surface area (Å²) in [4.78, 5) is 0. The molecule has 12 rings (SSSR count). The van der Waals surface area contributed by atoms with Crippen LogP contribution < -0.4 is 0 Å². The maximum Gasteiger partial charge on any atom is 0.0448 e. The van der Waals surface area contributed by atoms with E-state index in [1.165, 1.54) is 117 Å². The van der Waals surface area contributed by atoms with Crippen LogP contribution in [0.2, 0.25) is 0 Å². The summed E-state index contributed by atoms with van der Waals surface area (Å²) in [6, 6.07) is 67.7. The van der Waals surface area contributed by atoms with E-state index in [2.05, 4.69) is 182 Å². The van der Waals surface area contributed by atoms with Gasteiger partial charge in [0, 0.05) is 40.3 Å². The first-order valence-corrected chi connectivity index (χ1v) is 20.1. The molecule has 2 aromatic heterocycles. The van der Waals surface area contributed by atoms with Crippen molar-refractivity contribution in [3.63, 3.8) is 0 Å². The Morgan fingerprint density at radius 3 is 1.56 bits per heavy atom. The van der Waals surface area contributed by atoms with Gasteiger partial charge in [-0.15, -0.1) is 22.7 Å². The largest absolute Gasteiger partial charge is 0.135 e. The lowest BCUT2D eigenvalue weighted by Crippen LogP contribution is -1.91. The quantitative estimate of drug-likeness (QED) is 0.160. The molecule has 0 unspecified atom stereocenters. The molecule has 0 saturated heterocycles. The van der Waals surface area contributed by atoms with Crippen molar-refractivity contribution in [2.45, 2.75) is 0 Å². The molecule has 250 valence electrons. The molecule has 12 aromatic rings. The van der Waals surface area contributed by atoms with Crippen molar-refractivity contribution in [2.75, 3.05) is 0 Å². The third kappa shape index (κ3) is 4.36. The van der Waals surface area contributed by atoms with Crippen molar-refractivity contribution >= 4 is 106 Å². The molecule has 0 aliphatic rings. The minimum atomic E-state index is 1.23. The van der Waals surface area contributed by atoms with Crippen molar-refractivity contribution in [1.29, 1.82) is 0 Å². The van der Waals surface area contributed by atoms with Crippen LogP contribution >= 0.6 is 22.7 Å². The Morgan fingerprint density at radius 2 is 0.815 bits per heavy atom. The van der Waals surface area contributed by atoms with Crippen molar-refractivity contribution in [3.8, 4) is 33.4 Å². The monoisotopic (exact) mass is 718 g/mol. The molecule has 0 atom stereocenters. The van der Waals surface area contributed by atoms with Gasteiger partial charge in [-0.2, -0.15) is 0 Å². The summed E-state index contributed by atoms with van der Waals surface area (Å²) in [7, 11) is 0. The summed E-state index contributed by atoms with van der Waals surface area (Å²) in [5.41, 5.74) is 7.59. The smallest absolute Gasteiger partial charge is 0.0448 e. The number of thiophene rings is 2. The summed E-state index contributed by atoms with van der Waals surface area (Å²) in [5, 5.41) is 15.8. The molecule has 54 heavy (non-hydrogen) atoms. The maximum atomic E-state index is 2.40. The topological polar surface area (TPSA) is 0 Å². The Labute approximate surface area is 319 Å². The van der Waals surface area contributed by atoms with Gasteiger partial charge in [-0.1, -0.05) is 170 Å². The van der Waals surface area contributed by atoms with Crippen molar-refractivity contribution < 1.29 is 0 Å². The number of benzene rings is 10. The van der Waals surface area contributed by atoms with Crippen molar-refractivity contribution in [2.24, 2.45) is 0 Å². The Bertz CT molecular complexity index is 3430. The number of hydrogen-bond acceptors (Lipinski definition) is 2. The molecule has 10 aromatic carbocycles. The first kappa shape index (κ1) is 30.2. The molecule has 0 nitrogen and oxygen atoms in total. The van der Waals surface area contributed by atoms with E-state index in [4.69, 9.17) is 0 Å². The molecule has 0 saturated carbocycles. The van der Waals surface area contributed by atoms with Crippen LogP contribution in [0.3, 0.4) is 0 Å². The highest BCUT2D eigenvalue weighted by molar-refractivity contribution is 7.30. The summed E-state index contributed by atoms with van der Waals surface area (Å²) < 4.78 is 5.47. The lowest BCUT2D eigenvalue weighted by Gasteiger charge is -2.19. The highest BCUT2D eigenvalue weighted by Gasteiger charge is 2.19. The summed E-state index contributed by atoms with van der Waals surface area (Å²) >= 11 is 3.86. The summed E-state index contributed by atoms with van der Waals surface area (Å²) in [6.45, 7) is 0. The highest BCUT2D eigenvalue weighted by Crippen LogP contribution is 2.48. The molecule has 0 aliphatic carbocycles. The van der Waals surface area contributed by atoms with Gasteiger partial charge in [0.2, 0.25) is 0 Å². The Kier molecular flexibility index (Phi) is 6.48. The predicted molar refractivity (Wildman–Crippen MR) is 239 cm³/mol. The average Bonchev–Trinajstić information content (AvgIpc) is 3.81. The van der Waals surface area contributed by atoms with Crippen LogP contribution in [0.25, 0.3) is 117 Å². The van der Waals surface area contributed by atoms with Gasteiger partial charge in [0.05, 0.1) is 0 Å². The molecule has 0 N–H and O–H groups in total. The predicted octanol–water partition coefficient (Wildman–Crippen LogP) is 16.0. The van der Waals surface area contributed by atoms with Crippen molar-refractivity contribution in [3.05, 3.63) is 182 Å². The zero-order valence-electron chi connectivity index (χ0n) is 29.1. The van der Waals surface area contributed by atoms with E-state index >= 15 is 0 Å². The van der Waals surface area contributed by atoms with Gasteiger partial charge in [0.25, 0.3) is 0 Å². The van der Waals surface area contributed by atoms with E-state index < -0.39 is 0 Å². The Hall–Kier alpha value is -6.32. The molecule has 0 aliphatic heterocycles. The average molecular weight is 719 g/mol. The molecule has 0 bridgehead atoms. The van der Waals surface area contributed by atoms with Gasteiger partial charge >= 0.3 is 0 Å². The van der Waals surface area contributed by atoms with Gasteiger partial charge in [-0.25, -0.2) is 0 Å². The van der Waals surface area contributed by atoms with Crippen LogP contribution in [-0.2, 0) is 0 Å². The molecular weight excluding hydrogens is 689 g/mol. The second-order valence-electron chi connectivity index (χ2n) is 14.3. The van der Waals surface area contributed by atoms with Crippen LogP contribution in [0.1, 0.15) is 0 Å². The number of fused-ring (bicyclic) bond motifs is 12. The van der Waals surface area contributed by atoms with Crippen LogP contribution in [0.5, 0.6) is 0 Å². The third-order valence-electron chi connectivity index (χ3n) is 11.5. The first-order chi connectivity index (χ1) is 26.8. The molecule has 0 spiro atoms. The number of rotatable bonds is 3. The van der Waals surface area contributed by atoms with Gasteiger partial charge < -0.3 is 0 Å². The molecule has 0 fully saturated rings. The highest BCUT2D eigenvalue weighted by atomic mass is 32.1. The van der Waals surface area contributed by atoms with Gasteiger partial charge in [-0.3, -0.25) is 0 Å². The molecule has 2 heteroatoms. The van der Waals surface area contributed by atoms with Crippen LogP contribution in [0.15, 0.2) is 182 Å². The Balaban J connectivity index is 0.995. The zero-order valence-corrected chi connectivity index (χ0v) is 30.8. The van der Waals surface area contributed by atoms with Crippen molar-refractivity contribution in [1.82, 2.24) is 0 Å². The molecule has 0 amide bonds. The zero-order chi connectivity index (χ0) is 35.3. The maximum absolute atomic E-state index is 2.40. The van der Waals surface area contributed by atoms with Gasteiger partial charge in [-0.05, 0) is 88.6 Å². The lowest BCUT2D eigenvalue weighted by molar-refractivity contribution is 1.64. The van der Waals surface area contributed by atoms with Crippen LogP contribution in [0.4, 0.5) is 0 Å². The van der Waals surface area contributed by atoms with E-state index in [0.29, 0.717) is 0 Å². The van der Waals surface area contributed by atoms with E-state index in [1.807, 2.05) is 22.7 Å². The van der Waals surface area contributed by atoms with E-state index in [9.17, 15) is 0 Å². The minimum Gasteiger partial charge on any atom is -0.135 e. The second-order valence-corrected chi connectivity index (χ2v) is 16.4. The minimum absolute atomic E-state index is 1.23. The SMILES string of the molecule is c1ccc2c(-c3c4ccccc4c(-c4ccc(-c5ccc6c(c5)sc5ccc7c8ccc9ccccc9c8sc7c56)cc4)c4ccccc34)cccc2c1. The molecule has 0 radical (unpaired) electrons. The Morgan fingerprint density at radius 1 is 0.278 bits per heavy atom. The fourth-order valence-electron chi connectivity index (χ4n) is 9.00. The summed E-state index contributed by atoms with van der Waals surface area (Å²) in [6.07, 6.45) is 0.